The lowest BCUT2D eigenvalue weighted by atomic mass is 10.3. The smallest absolute Gasteiger partial charge is 0.352 e. The van der Waals surface area contributed by atoms with Gasteiger partial charge in [0.1, 0.15) is 5.70 Å². The predicted octanol–water partition coefficient (Wildman–Crippen LogP) is 2.57. The SMILES string of the molecule is O=C(O)C=C(Nc1ccc(Br)c(Cl)c1)C(=O)O. The molecule has 90 valence electrons. The molecule has 0 aromatic heterocycles. The van der Waals surface area contributed by atoms with Crippen molar-refractivity contribution in [3.63, 3.8) is 0 Å². The minimum absolute atomic E-state index is 0.383. The van der Waals surface area contributed by atoms with Crippen molar-refractivity contribution in [2.24, 2.45) is 0 Å². The molecule has 1 aromatic carbocycles. The van der Waals surface area contributed by atoms with Crippen molar-refractivity contribution in [2.45, 2.75) is 0 Å². The summed E-state index contributed by atoms with van der Waals surface area (Å²) in [5.41, 5.74) is -0.0658. The first kappa shape index (κ1) is 13.5. The van der Waals surface area contributed by atoms with Crippen molar-refractivity contribution >= 4 is 45.2 Å². The third-order valence-corrected chi connectivity index (χ3v) is 2.93. The Morgan fingerprint density at radius 3 is 2.47 bits per heavy atom. The molecule has 0 saturated heterocycles. The van der Waals surface area contributed by atoms with E-state index in [-0.39, 0.29) is 0 Å². The normalized spacial score (nSPS) is 11.1. The van der Waals surface area contributed by atoms with Gasteiger partial charge in [0, 0.05) is 10.2 Å². The lowest BCUT2D eigenvalue weighted by molar-refractivity contribution is -0.134. The van der Waals surface area contributed by atoms with Crippen LogP contribution in [0.25, 0.3) is 0 Å². The van der Waals surface area contributed by atoms with Crippen LogP contribution in [0.1, 0.15) is 0 Å². The Morgan fingerprint density at radius 2 is 2.00 bits per heavy atom. The lowest BCUT2D eigenvalue weighted by Crippen LogP contribution is -2.12. The number of anilines is 1. The number of halogens is 2. The highest BCUT2D eigenvalue weighted by Gasteiger charge is 2.10. The first-order valence-corrected chi connectivity index (χ1v) is 5.47. The molecule has 1 rings (SSSR count). The van der Waals surface area contributed by atoms with Crippen molar-refractivity contribution in [1.29, 1.82) is 0 Å². The molecule has 0 unspecified atom stereocenters. The topological polar surface area (TPSA) is 86.6 Å². The number of carboxylic acid groups (broad SMARTS) is 2. The summed E-state index contributed by atoms with van der Waals surface area (Å²) in [6, 6.07) is 4.66. The number of hydrogen-bond donors (Lipinski definition) is 3. The van der Waals surface area contributed by atoms with Crippen LogP contribution in [0.3, 0.4) is 0 Å². The maximum atomic E-state index is 10.8. The summed E-state index contributed by atoms with van der Waals surface area (Å²) in [5.74, 6) is -2.72. The molecule has 0 aliphatic rings. The fourth-order valence-corrected chi connectivity index (χ4v) is 1.43. The third-order valence-electron chi connectivity index (χ3n) is 1.70. The Balaban J connectivity index is 2.98. The van der Waals surface area contributed by atoms with Crippen LogP contribution >= 0.6 is 27.5 Å². The van der Waals surface area contributed by atoms with E-state index in [0.29, 0.717) is 21.3 Å². The minimum Gasteiger partial charge on any atom is -0.478 e. The highest BCUT2D eigenvalue weighted by molar-refractivity contribution is 9.10. The van der Waals surface area contributed by atoms with Crippen LogP contribution in [0.2, 0.25) is 5.02 Å². The second-order valence-corrected chi connectivity index (χ2v) is 4.22. The van der Waals surface area contributed by atoms with E-state index in [1.165, 1.54) is 6.07 Å². The lowest BCUT2D eigenvalue weighted by Gasteiger charge is -2.07. The molecule has 0 saturated carbocycles. The summed E-state index contributed by atoms with van der Waals surface area (Å²) in [6.45, 7) is 0. The van der Waals surface area contributed by atoms with E-state index in [2.05, 4.69) is 21.2 Å². The molecule has 0 bridgehead atoms. The summed E-state index contributed by atoms with van der Waals surface area (Å²) in [5, 5.41) is 20.1. The number of carboxylic acids is 2. The van der Waals surface area contributed by atoms with Gasteiger partial charge in [0.15, 0.2) is 0 Å². The molecule has 0 fully saturated rings. The molecule has 5 nitrogen and oxygen atoms in total. The zero-order valence-electron chi connectivity index (χ0n) is 8.28. The minimum atomic E-state index is -1.37. The van der Waals surface area contributed by atoms with Gasteiger partial charge in [0.05, 0.1) is 11.1 Å². The fraction of sp³-hybridized carbons (Fsp3) is 0. The Kier molecular flexibility index (Phi) is 4.53. The van der Waals surface area contributed by atoms with E-state index in [1.807, 2.05) is 0 Å². The van der Waals surface area contributed by atoms with Crippen LogP contribution in [0.5, 0.6) is 0 Å². The van der Waals surface area contributed by atoms with Gasteiger partial charge < -0.3 is 15.5 Å². The van der Waals surface area contributed by atoms with E-state index < -0.39 is 17.6 Å². The molecular weight excluding hydrogens is 313 g/mol. The first-order valence-electron chi connectivity index (χ1n) is 4.30. The van der Waals surface area contributed by atoms with Crippen molar-refractivity contribution < 1.29 is 19.8 Å². The number of benzene rings is 1. The molecule has 0 spiro atoms. The molecule has 7 heteroatoms. The molecule has 0 amide bonds. The zero-order chi connectivity index (χ0) is 13.0. The van der Waals surface area contributed by atoms with Gasteiger partial charge in [0.25, 0.3) is 0 Å². The summed E-state index contributed by atoms with van der Waals surface area (Å²) in [4.78, 5) is 21.2. The van der Waals surface area contributed by atoms with Gasteiger partial charge in [0.2, 0.25) is 0 Å². The van der Waals surface area contributed by atoms with Crippen molar-refractivity contribution in [3.8, 4) is 0 Å². The van der Waals surface area contributed by atoms with Gasteiger partial charge in [-0.2, -0.15) is 0 Å². The summed E-state index contributed by atoms with van der Waals surface area (Å²) in [7, 11) is 0. The van der Waals surface area contributed by atoms with E-state index in [0.717, 1.165) is 0 Å². The highest BCUT2D eigenvalue weighted by Crippen LogP contribution is 2.26. The number of carbonyl (C=O) groups is 2. The first-order chi connectivity index (χ1) is 7.90. The summed E-state index contributed by atoms with van der Waals surface area (Å²) < 4.78 is 0.656. The quantitative estimate of drug-likeness (QED) is 0.742. The van der Waals surface area contributed by atoms with E-state index in [9.17, 15) is 9.59 Å². The molecule has 0 aliphatic heterocycles. The molecule has 0 atom stereocenters. The van der Waals surface area contributed by atoms with Crippen LogP contribution in [0.4, 0.5) is 5.69 Å². The van der Waals surface area contributed by atoms with Crippen LogP contribution in [0, 0.1) is 0 Å². The number of hydrogen-bond acceptors (Lipinski definition) is 3. The Labute approximate surface area is 110 Å². The molecule has 17 heavy (non-hydrogen) atoms. The average Bonchev–Trinajstić information content (AvgIpc) is 2.21. The van der Waals surface area contributed by atoms with Crippen LogP contribution in [0.15, 0.2) is 34.4 Å². The summed E-state index contributed by atoms with van der Waals surface area (Å²) >= 11 is 8.99. The molecular formula is C10H7BrClNO4. The maximum Gasteiger partial charge on any atom is 0.352 e. The monoisotopic (exact) mass is 319 g/mol. The Bertz CT molecular complexity index is 501. The van der Waals surface area contributed by atoms with Gasteiger partial charge in [-0.05, 0) is 34.1 Å². The standard InChI is InChI=1S/C10H7BrClNO4/c11-6-2-1-5(3-7(6)12)13-8(10(16)17)4-9(14)15/h1-4,13H,(H,14,15)(H,16,17). The van der Waals surface area contributed by atoms with Gasteiger partial charge in [-0.1, -0.05) is 11.6 Å². The third kappa shape index (κ3) is 4.08. The number of aliphatic carboxylic acids is 2. The largest absolute Gasteiger partial charge is 0.478 e. The van der Waals surface area contributed by atoms with E-state index in [1.54, 1.807) is 12.1 Å². The second-order valence-electron chi connectivity index (χ2n) is 2.96. The van der Waals surface area contributed by atoms with Crippen molar-refractivity contribution in [2.75, 3.05) is 5.32 Å². The van der Waals surface area contributed by atoms with Crippen LogP contribution in [-0.4, -0.2) is 22.2 Å². The average molecular weight is 321 g/mol. The van der Waals surface area contributed by atoms with Crippen LogP contribution in [-0.2, 0) is 9.59 Å². The van der Waals surface area contributed by atoms with Gasteiger partial charge in [-0.25, -0.2) is 9.59 Å². The highest BCUT2D eigenvalue weighted by atomic mass is 79.9. The zero-order valence-corrected chi connectivity index (χ0v) is 10.6. The predicted molar refractivity (Wildman–Crippen MR) is 66.1 cm³/mol. The summed E-state index contributed by atoms with van der Waals surface area (Å²) in [6.07, 6.45) is 0.568. The van der Waals surface area contributed by atoms with Gasteiger partial charge in [-0.3, -0.25) is 0 Å². The van der Waals surface area contributed by atoms with E-state index in [4.69, 9.17) is 21.8 Å². The molecule has 0 aliphatic carbocycles. The van der Waals surface area contributed by atoms with Gasteiger partial charge in [-0.15, -0.1) is 0 Å². The molecule has 0 heterocycles. The molecule has 0 radical (unpaired) electrons. The Hall–Kier alpha value is -1.53. The van der Waals surface area contributed by atoms with Crippen molar-refractivity contribution in [3.05, 3.63) is 39.5 Å². The van der Waals surface area contributed by atoms with Gasteiger partial charge >= 0.3 is 11.9 Å². The fourth-order valence-electron chi connectivity index (χ4n) is 1.00. The molecule has 1 aromatic rings. The van der Waals surface area contributed by atoms with Crippen molar-refractivity contribution in [1.82, 2.24) is 0 Å². The second kappa shape index (κ2) is 5.70. The van der Waals surface area contributed by atoms with Crippen LogP contribution < -0.4 is 5.32 Å². The Morgan fingerprint density at radius 1 is 1.35 bits per heavy atom. The van der Waals surface area contributed by atoms with E-state index >= 15 is 0 Å². The number of rotatable bonds is 4. The molecule has 3 N–H and O–H groups in total. The maximum absolute atomic E-state index is 10.8. The number of nitrogens with one attached hydrogen (secondary N) is 1.